The Morgan fingerprint density at radius 1 is 1.24 bits per heavy atom. The van der Waals surface area contributed by atoms with Crippen molar-refractivity contribution in [1.29, 1.82) is 0 Å². The lowest BCUT2D eigenvalue weighted by molar-refractivity contribution is 0.221. The predicted molar refractivity (Wildman–Crippen MR) is 72.1 cm³/mol. The first-order valence-corrected chi connectivity index (χ1v) is 8.52. The molecule has 0 bridgehead atoms. The van der Waals surface area contributed by atoms with E-state index in [9.17, 15) is 8.42 Å². The Kier molecular flexibility index (Phi) is 6.44. The highest BCUT2D eigenvalue weighted by Gasteiger charge is 2.24. The van der Waals surface area contributed by atoms with E-state index in [1.807, 2.05) is 0 Å². The van der Waals surface area contributed by atoms with Crippen LogP contribution in [-0.2, 0) is 9.84 Å². The molecular weight excluding hydrogens is 236 g/mol. The van der Waals surface area contributed by atoms with E-state index in [1.54, 1.807) is 0 Å². The first kappa shape index (κ1) is 14.9. The maximum atomic E-state index is 11.3. The maximum Gasteiger partial charge on any atom is 0.152 e. The number of unbranched alkanes of at least 4 members (excludes halogenated alkanes) is 2. The fourth-order valence-electron chi connectivity index (χ4n) is 2.11. The van der Waals surface area contributed by atoms with E-state index in [-0.39, 0.29) is 0 Å². The molecule has 0 spiro atoms. The van der Waals surface area contributed by atoms with Gasteiger partial charge in [0.25, 0.3) is 0 Å². The van der Waals surface area contributed by atoms with Gasteiger partial charge >= 0.3 is 0 Å². The van der Waals surface area contributed by atoms with Crippen LogP contribution in [0.3, 0.4) is 0 Å². The van der Waals surface area contributed by atoms with Crippen molar-refractivity contribution in [2.45, 2.75) is 39.2 Å². The SMILES string of the molecule is CCCCCNCC(C)N1CCS(=O)(=O)CC1. The van der Waals surface area contributed by atoms with Gasteiger partial charge in [-0.15, -0.1) is 0 Å². The van der Waals surface area contributed by atoms with Crippen LogP contribution in [-0.4, -0.2) is 57.0 Å². The molecule has 1 rings (SSSR count). The summed E-state index contributed by atoms with van der Waals surface area (Å²) in [6.45, 7) is 7.80. The molecule has 5 heteroatoms. The first-order valence-electron chi connectivity index (χ1n) is 6.70. The zero-order valence-corrected chi connectivity index (χ0v) is 11.9. The van der Waals surface area contributed by atoms with Gasteiger partial charge < -0.3 is 5.32 Å². The van der Waals surface area contributed by atoms with Crippen molar-refractivity contribution in [3.8, 4) is 0 Å². The van der Waals surface area contributed by atoms with Gasteiger partial charge in [0.2, 0.25) is 0 Å². The summed E-state index contributed by atoms with van der Waals surface area (Å²) in [6, 6.07) is 0.437. The summed E-state index contributed by atoms with van der Waals surface area (Å²) in [5.41, 5.74) is 0. The van der Waals surface area contributed by atoms with Gasteiger partial charge in [-0.05, 0) is 19.9 Å². The van der Waals surface area contributed by atoms with E-state index in [0.29, 0.717) is 30.6 Å². The van der Waals surface area contributed by atoms with Gasteiger partial charge in [0.1, 0.15) is 0 Å². The average molecular weight is 262 g/mol. The van der Waals surface area contributed by atoms with Gasteiger partial charge in [-0.3, -0.25) is 4.90 Å². The Bertz CT molecular complexity index is 290. The maximum absolute atomic E-state index is 11.3. The first-order chi connectivity index (χ1) is 8.05. The van der Waals surface area contributed by atoms with Crippen molar-refractivity contribution in [1.82, 2.24) is 10.2 Å². The second-order valence-electron chi connectivity index (χ2n) is 4.95. The van der Waals surface area contributed by atoms with Crippen molar-refractivity contribution >= 4 is 9.84 Å². The molecule has 0 amide bonds. The van der Waals surface area contributed by atoms with Crippen LogP contribution in [0.2, 0.25) is 0 Å². The van der Waals surface area contributed by atoms with E-state index in [2.05, 4.69) is 24.1 Å². The van der Waals surface area contributed by atoms with Gasteiger partial charge in [-0.2, -0.15) is 0 Å². The van der Waals surface area contributed by atoms with Gasteiger partial charge in [0.05, 0.1) is 11.5 Å². The summed E-state index contributed by atoms with van der Waals surface area (Å²) in [6.07, 6.45) is 3.77. The summed E-state index contributed by atoms with van der Waals surface area (Å²) >= 11 is 0. The van der Waals surface area contributed by atoms with E-state index in [1.165, 1.54) is 19.3 Å². The van der Waals surface area contributed by atoms with Crippen LogP contribution >= 0.6 is 0 Å². The predicted octanol–water partition coefficient (Wildman–Crippen LogP) is 0.885. The van der Waals surface area contributed by atoms with E-state index < -0.39 is 9.84 Å². The largest absolute Gasteiger partial charge is 0.315 e. The highest BCUT2D eigenvalue weighted by Crippen LogP contribution is 2.07. The number of hydrogen-bond donors (Lipinski definition) is 1. The number of hydrogen-bond acceptors (Lipinski definition) is 4. The van der Waals surface area contributed by atoms with E-state index >= 15 is 0 Å². The van der Waals surface area contributed by atoms with Gasteiger partial charge in [0, 0.05) is 25.7 Å². The van der Waals surface area contributed by atoms with Crippen LogP contribution in [0.5, 0.6) is 0 Å². The summed E-state index contributed by atoms with van der Waals surface area (Å²) in [5.74, 6) is 0.653. The summed E-state index contributed by atoms with van der Waals surface area (Å²) in [5, 5.41) is 3.45. The number of sulfone groups is 1. The van der Waals surface area contributed by atoms with E-state index in [0.717, 1.165) is 13.1 Å². The van der Waals surface area contributed by atoms with E-state index in [4.69, 9.17) is 0 Å². The molecule has 17 heavy (non-hydrogen) atoms. The molecule has 0 aromatic carbocycles. The molecule has 0 radical (unpaired) electrons. The molecule has 1 aliphatic rings. The van der Waals surface area contributed by atoms with Gasteiger partial charge in [0.15, 0.2) is 9.84 Å². The Morgan fingerprint density at radius 3 is 2.47 bits per heavy atom. The topological polar surface area (TPSA) is 49.4 Å². The normalized spacial score (nSPS) is 22.5. The summed E-state index contributed by atoms with van der Waals surface area (Å²) in [4.78, 5) is 2.27. The zero-order valence-electron chi connectivity index (χ0n) is 11.1. The second-order valence-corrected chi connectivity index (χ2v) is 7.25. The molecule has 1 aliphatic heterocycles. The van der Waals surface area contributed by atoms with Crippen LogP contribution in [0, 0.1) is 0 Å². The van der Waals surface area contributed by atoms with Crippen LogP contribution in [0.15, 0.2) is 0 Å². The van der Waals surface area contributed by atoms with Crippen molar-refractivity contribution in [3.05, 3.63) is 0 Å². The van der Waals surface area contributed by atoms with Crippen LogP contribution in [0.25, 0.3) is 0 Å². The lowest BCUT2D eigenvalue weighted by atomic mass is 10.2. The van der Waals surface area contributed by atoms with Gasteiger partial charge in [-0.25, -0.2) is 8.42 Å². The Hall–Kier alpha value is -0.130. The molecule has 4 nitrogen and oxygen atoms in total. The number of nitrogens with one attached hydrogen (secondary N) is 1. The molecule has 1 fully saturated rings. The molecule has 1 unspecified atom stereocenters. The standard InChI is InChI=1S/C12H26N2O2S/c1-3-4-5-6-13-11-12(2)14-7-9-17(15,16)10-8-14/h12-13H,3-11H2,1-2H3. The minimum atomic E-state index is -2.74. The molecule has 0 aliphatic carbocycles. The molecule has 0 aromatic rings. The van der Waals surface area contributed by atoms with Crippen LogP contribution in [0.1, 0.15) is 33.1 Å². The van der Waals surface area contributed by atoms with Crippen molar-refractivity contribution in [3.63, 3.8) is 0 Å². The zero-order chi connectivity index (χ0) is 12.7. The fourth-order valence-corrected chi connectivity index (χ4v) is 3.34. The third-order valence-electron chi connectivity index (χ3n) is 3.40. The Labute approximate surface area is 106 Å². The van der Waals surface area contributed by atoms with Crippen molar-refractivity contribution < 1.29 is 8.42 Å². The second kappa shape index (κ2) is 7.34. The summed E-state index contributed by atoms with van der Waals surface area (Å²) < 4.78 is 22.6. The number of nitrogens with zero attached hydrogens (tertiary/aromatic N) is 1. The molecule has 1 saturated heterocycles. The minimum Gasteiger partial charge on any atom is -0.315 e. The lowest BCUT2D eigenvalue weighted by Gasteiger charge is -2.32. The van der Waals surface area contributed by atoms with Crippen molar-refractivity contribution in [2.75, 3.05) is 37.7 Å². The lowest BCUT2D eigenvalue weighted by Crippen LogP contribution is -2.48. The molecule has 1 N–H and O–H groups in total. The highest BCUT2D eigenvalue weighted by molar-refractivity contribution is 7.91. The molecule has 0 saturated carbocycles. The molecule has 102 valence electrons. The number of rotatable bonds is 7. The average Bonchev–Trinajstić information content (AvgIpc) is 2.28. The fraction of sp³-hybridized carbons (Fsp3) is 1.00. The highest BCUT2D eigenvalue weighted by atomic mass is 32.2. The third-order valence-corrected chi connectivity index (χ3v) is 5.01. The van der Waals surface area contributed by atoms with Crippen LogP contribution in [0.4, 0.5) is 0 Å². The smallest absolute Gasteiger partial charge is 0.152 e. The molecule has 1 atom stereocenters. The Morgan fingerprint density at radius 2 is 1.88 bits per heavy atom. The van der Waals surface area contributed by atoms with Crippen LogP contribution < -0.4 is 5.32 Å². The van der Waals surface area contributed by atoms with Gasteiger partial charge in [-0.1, -0.05) is 19.8 Å². The summed E-state index contributed by atoms with van der Waals surface area (Å²) in [7, 11) is -2.74. The molecule has 1 heterocycles. The van der Waals surface area contributed by atoms with Crippen molar-refractivity contribution in [2.24, 2.45) is 0 Å². The monoisotopic (exact) mass is 262 g/mol. The third kappa shape index (κ3) is 5.84. The Balaban J connectivity index is 2.14. The molecular formula is C12H26N2O2S. The minimum absolute atomic E-state index is 0.327. The quantitative estimate of drug-likeness (QED) is 0.692. The molecule has 0 aromatic heterocycles.